The Bertz CT molecular complexity index is 215. The first-order valence-corrected chi connectivity index (χ1v) is 6.63. The Hall–Kier alpha value is -0.713. The van der Waals surface area contributed by atoms with Crippen molar-refractivity contribution in [1.29, 1.82) is 0 Å². The first-order chi connectivity index (χ1) is 7.45. The summed E-state index contributed by atoms with van der Waals surface area (Å²) in [5, 5.41) is 0. The van der Waals surface area contributed by atoms with E-state index in [1.54, 1.807) is 0 Å². The molecule has 0 aliphatic carbocycles. The number of carbonyl (C=O) groups excluding carboxylic acids is 1. The predicted octanol–water partition coefficient (Wildman–Crippen LogP) is 2.01. The van der Waals surface area contributed by atoms with E-state index >= 15 is 0 Å². The molecule has 0 radical (unpaired) electrons. The smallest absolute Gasteiger partial charge is 0.330 e. The standard InChI is InChI=1S/C11H20F2O2Si/c1-2-10(14)15-9-7-5-3-4-6-8-11(12,13)16/h2H,1,3-9H2,16H3. The number of hydrogen-bond donors (Lipinski definition) is 0. The minimum atomic E-state index is -2.40. The molecule has 16 heavy (non-hydrogen) atoms. The number of hydrogen-bond acceptors (Lipinski definition) is 2. The third kappa shape index (κ3) is 11.4. The van der Waals surface area contributed by atoms with Crippen LogP contribution >= 0.6 is 0 Å². The summed E-state index contributed by atoms with van der Waals surface area (Å²) in [6, 6.07) is 0. The molecule has 0 rings (SSSR count). The molecule has 0 heterocycles. The van der Waals surface area contributed by atoms with Crippen molar-refractivity contribution in [2.75, 3.05) is 6.61 Å². The summed E-state index contributed by atoms with van der Waals surface area (Å²) in [5.74, 6) is -0.407. The van der Waals surface area contributed by atoms with Crippen molar-refractivity contribution < 1.29 is 18.3 Å². The second kappa shape index (κ2) is 8.44. The molecule has 0 fully saturated rings. The van der Waals surface area contributed by atoms with Crippen LogP contribution in [-0.4, -0.2) is 28.4 Å². The fraction of sp³-hybridized carbons (Fsp3) is 0.727. The normalized spacial score (nSPS) is 11.4. The second-order valence-corrected chi connectivity index (χ2v) is 5.42. The van der Waals surface area contributed by atoms with E-state index in [1.165, 1.54) is 0 Å². The van der Waals surface area contributed by atoms with Gasteiger partial charge in [0, 0.05) is 12.5 Å². The van der Waals surface area contributed by atoms with Crippen LogP contribution in [0.15, 0.2) is 12.7 Å². The fourth-order valence-corrected chi connectivity index (χ4v) is 1.65. The Balaban J connectivity index is 3.16. The average molecular weight is 250 g/mol. The van der Waals surface area contributed by atoms with Crippen LogP contribution < -0.4 is 0 Å². The van der Waals surface area contributed by atoms with Gasteiger partial charge in [0.2, 0.25) is 5.55 Å². The number of unbranched alkanes of at least 4 members (excludes halogenated alkanes) is 4. The third-order valence-corrected chi connectivity index (χ3v) is 2.67. The van der Waals surface area contributed by atoms with E-state index in [0.29, 0.717) is 13.0 Å². The molecule has 0 amide bonds. The Morgan fingerprint density at radius 3 is 2.38 bits per heavy atom. The van der Waals surface area contributed by atoms with Crippen molar-refractivity contribution >= 4 is 16.2 Å². The van der Waals surface area contributed by atoms with Gasteiger partial charge in [-0.15, -0.1) is 0 Å². The van der Waals surface area contributed by atoms with Gasteiger partial charge in [0.25, 0.3) is 0 Å². The van der Waals surface area contributed by atoms with Crippen molar-refractivity contribution in [3.05, 3.63) is 12.7 Å². The zero-order valence-electron chi connectivity index (χ0n) is 9.81. The summed E-state index contributed by atoms with van der Waals surface area (Å²) >= 11 is 0. The zero-order chi connectivity index (χ0) is 12.4. The SMILES string of the molecule is C=CC(=O)OCCCCCCCC(F)(F)[SiH3]. The van der Waals surface area contributed by atoms with Crippen LogP contribution in [0.3, 0.4) is 0 Å². The maximum atomic E-state index is 12.5. The summed E-state index contributed by atoms with van der Waals surface area (Å²) in [5.41, 5.74) is -2.40. The highest BCUT2D eigenvalue weighted by Gasteiger charge is 2.18. The van der Waals surface area contributed by atoms with Crippen molar-refractivity contribution in [2.45, 2.75) is 44.1 Å². The molecule has 0 bridgehead atoms. The van der Waals surface area contributed by atoms with Crippen LogP contribution in [0.25, 0.3) is 0 Å². The van der Waals surface area contributed by atoms with E-state index in [2.05, 4.69) is 6.58 Å². The predicted molar refractivity (Wildman–Crippen MR) is 63.7 cm³/mol. The molecule has 2 nitrogen and oxygen atoms in total. The number of halogens is 2. The number of esters is 1. The van der Waals surface area contributed by atoms with E-state index in [9.17, 15) is 13.6 Å². The maximum Gasteiger partial charge on any atom is 0.330 e. The molecule has 0 aliphatic heterocycles. The lowest BCUT2D eigenvalue weighted by atomic mass is 10.1. The molecule has 0 aliphatic rings. The molecule has 0 unspecified atom stereocenters. The second-order valence-electron chi connectivity index (χ2n) is 3.96. The van der Waals surface area contributed by atoms with E-state index in [-0.39, 0.29) is 16.7 Å². The number of rotatable bonds is 9. The van der Waals surface area contributed by atoms with Gasteiger partial charge in [0.05, 0.1) is 16.8 Å². The van der Waals surface area contributed by atoms with Crippen LogP contribution in [-0.2, 0) is 9.53 Å². The largest absolute Gasteiger partial charge is 0.463 e. The lowest BCUT2D eigenvalue weighted by molar-refractivity contribution is -0.137. The van der Waals surface area contributed by atoms with Gasteiger partial charge in [-0.3, -0.25) is 0 Å². The molecule has 5 heteroatoms. The zero-order valence-corrected chi connectivity index (χ0v) is 11.8. The van der Waals surface area contributed by atoms with Crippen molar-refractivity contribution in [3.8, 4) is 0 Å². The van der Waals surface area contributed by atoms with Gasteiger partial charge in [-0.1, -0.05) is 25.8 Å². The first kappa shape index (κ1) is 15.3. The summed E-state index contributed by atoms with van der Waals surface area (Å²) in [4.78, 5) is 10.6. The molecule has 0 aromatic heterocycles. The van der Waals surface area contributed by atoms with Gasteiger partial charge in [-0.05, 0) is 12.8 Å². The van der Waals surface area contributed by atoms with E-state index in [0.717, 1.165) is 31.8 Å². The summed E-state index contributed by atoms with van der Waals surface area (Å²) in [7, 11) is -0.0539. The van der Waals surface area contributed by atoms with Crippen molar-refractivity contribution in [3.63, 3.8) is 0 Å². The average Bonchev–Trinajstić information content (AvgIpc) is 2.20. The molecule has 0 saturated carbocycles. The number of alkyl halides is 2. The van der Waals surface area contributed by atoms with Crippen LogP contribution in [0.1, 0.15) is 38.5 Å². The highest BCUT2D eigenvalue weighted by molar-refractivity contribution is 6.13. The third-order valence-electron chi connectivity index (χ3n) is 2.17. The van der Waals surface area contributed by atoms with E-state index in [4.69, 9.17) is 4.74 Å². The topological polar surface area (TPSA) is 26.3 Å². The van der Waals surface area contributed by atoms with E-state index < -0.39 is 11.5 Å². The monoisotopic (exact) mass is 250 g/mol. The van der Waals surface area contributed by atoms with Gasteiger partial charge in [0.15, 0.2) is 0 Å². The fourth-order valence-electron chi connectivity index (χ4n) is 1.30. The lowest BCUT2D eigenvalue weighted by Gasteiger charge is -2.09. The highest BCUT2D eigenvalue weighted by Crippen LogP contribution is 2.17. The number of ether oxygens (including phenoxy) is 1. The summed E-state index contributed by atoms with van der Waals surface area (Å²) in [6.07, 6.45) is 5.19. The molecule has 0 N–H and O–H groups in total. The van der Waals surface area contributed by atoms with Gasteiger partial charge >= 0.3 is 5.97 Å². The quantitative estimate of drug-likeness (QED) is 0.271. The molecular formula is C11H20F2O2Si. The van der Waals surface area contributed by atoms with Gasteiger partial charge < -0.3 is 4.74 Å². The van der Waals surface area contributed by atoms with Crippen LogP contribution in [0.4, 0.5) is 8.78 Å². The van der Waals surface area contributed by atoms with Crippen LogP contribution in [0.5, 0.6) is 0 Å². The van der Waals surface area contributed by atoms with Crippen LogP contribution in [0.2, 0.25) is 0 Å². The molecule has 0 saturated heterocycles. The first-order valence-electron chi connectivity index (χ1n) is 5.63. The molecule has 0 spiro atoms. The molecule has 94 valence electrons. The highest BCUT2D eigenvalue weighted by atomic mass is 28.1. The maximum absolute atomic E-state index is 12.5. The summed E-state index contributed by atoms with van der Waals surface area (Å²) in [6.45, 7) is 3.67. The van der Waals surface area contributed by atoms with Gasteiger partial charge in [-0.2, -0.15) is 0 Å². The Morgan fingerprint density at radius 1 is 1.25 bits per heavy atom. The molecule has 0 atom stereocenters. The van der Waals surface area contributed by atoms with Gasteiger partial charge in [0.1, 0.15) is 0 Å². The van der Waals surface area contributed by atoms with Crippen molar-refractivity contribution in [1.82, 2.24) is 0 Å². The Morgan fingerprint density at radius 2 is 1.81 bits per heavy atom. The minimum Gasteiger partial charge on any atom is -0.463 e. The van der Waals surface area contributed by atoms with Crippen molar-refractivity contribution in [2.24, 2.45) is 0 Å². The Labute approximate surface area is 98.5 Å². The van der Waals surface area contributed by atoms with E-state index in [1.807, 2.05) is 0 Å². The number of carbonyl (C=O) groups is 1. The minimum absolute atomic E-state index is 0.0185. The molecular weight excluding hydrogens is 230 g/mol. The van der Waals surface area contributed by atoms with Gasteiger partial charge in [-0.25, -0.2) is 13.6 Å². The lowest BCUT2D eigenvalue weighted by Crippen LogP contribution is -2.14. The Kier molecular flexibility index (Phi) is 8.06. The molecule has 0 aromatic carbocycles. The van der Waals surface area contributed by atoms with Crippen LogP contribution in [0, 0.1) is 0 Å². The summed E-state index contributed by atoms with van der Waals surface area (Å²) < 4.78 is 29.7. The molecule has 0 aromatic rings.